The van der Waals surface area contributed by atoms with E-state index in [0.29, 0.717) is 10.9 Å². The van der Waals surface area contributed by atoms with E-state index in [1.54, 1.807) is 7.05 Å². The summed E-state index contributed by atoms with van der Waals surface area (Å²) in [6, 6.07) is 5.60. The van der Waals surface area contributed by atoms with Gasteiger partial charge in [0.15, 0.2) is 5.17 Å². The molecule has 1 heterocycles. The first-order valence-corrected chi connectivity index (χ1v) is 6.93. The minimum atomic E-state index is -1.28. The molecule has 0 radical (unpaired) electrons. The number of nitrogens with one attached hydrogen (secondary N) is 2. The van der Waals surface area contributed by atoms with Gasteiger partial charge in [0.2, 0.25) is 11.8 Å². The van der Waals surface area contributed by atoms with Gasteiger partial charge in [0.25, 0.3) is 0 Å². The molecule has 0 aliphatic carbocycles. The summed E-state index contributed by atoms with van der Waals surface area (Å²) >= 11 is 1.21. The molecule has 2 rings (SSSR count). The van der Waals surface area contributed by atoms with E-state index in [1.807, 2.05) is 0 Å². The number of benzene rings is 1. The molecule has 1 aromatic carbocycles. The van der Waals surface area contributed by atoms with Crippen molar-refractivity contribution in [3.63, 3.8) is 0 Å². The van der Waals surface area contributed by atoms with Gasteiger partial charge < -0.3 is 20.5 Å². The Labute approximate surface area is 124 Å². The zero-order valence-electron chi connectivity index (χ0n) is 11.1. The van der Waals surface area contributed by atoms with Gasteiger partial charge in [-0.25, -0.2) is 0 Å². The lowest BCUT2D eigenvalue weighted by atomic mass is 10.2. The third kappa shape index (κ3) is 3.82. The van der Waals surface area contributed by atoms with Gasteiger partial charge in [-0.05, 0) is 17.7 Å². The number of carbonyl (C=O) groups excluding carboxylic acids is 3. The number of carbonyl (C=O) groups is 3. The Bertz CT molecular complexity index is 612. The summed E-state index contributed by atoms with van der Waals surface area (Å²) in [5, 5.41) is 15.8. The Morgan fingerprint density at radius 3 is 2.57 bits per heavy atom. The smallest absolute Gasteiger partial charge is 0.240 e. The van der Waals surface area contributed by atoms with Crippen molar-refractivity contribution in [2.75, 3.05) is 12.4 Å². The molecule has 110 valence electrons. The highest BCUT2D eigenvalue weighted by Gasteiger charge is 2.31. The minimum absolute atomic E-state index is 0.0117. The quantitative estimate of drug-likeness (QED) is 0.786. The van der Waals surface area contributed by atoms with Crippen LogP contribution in [0.3, 0.4) is 0 Å². The van der Waals surface area contributed by atoms with E-state index in [2.05, 4.69) is 15.6 Å². The molecule has 2 N–H and O–H groups in total. The lowest BCUT2D eigenvalue weighted by Gasteiger charge is -2.08. The van der Waals surface area contributed by atoms with Gasteiger partial charge >= 0.3 is 0 Å². The van der Waals surface area contributed by atoms with Gasteiger partial charge in [0.1, 0.15) is 5.25 Å². The SMILES string of the molecule is CN=C1NC(=O)[C@H](CC(=O)Nc2ccc(C(=O)[O-])cc2)S1. The fraction of sp³-hybridized carbons (Fsp3) is 0.231. The van der Waals surface area contributed by atoms with Crippen molar-refractivity contribution in [1.29, 1.82) is 0 Å². The fourth-order valence-electron chi connectivity index (χ4n) is 1.72. The van der Waals surface area contributed by atoms with Crippen molar-refractivity contribution in [2.24, 2.45) is 4.99 Å². The minimum Gasteiger partial charge on any atom is -0.545 e. The molecular formula is C13H12N3O4S-. The second-order valence-corrected chi connectivity index (χ2v) is 5.43. The van der Waals surface area contributed by atoms with Crippen LogP contribution in [-0.2, 0) is 9.59 Å². The predicted octanol–water partition coefficient (Wildman–Crippen LogP) is -0.404. The molecule has 1 aromatic rings. The van der Waals surface area contributed by atoms with E-state index in [9.17, 15) is 19.5 Å². The number of thioether (sulfide) groups is 1. The molecule has 2 amide bonds. The molecule has 1 aliphatic heterocycles. The Kier molecular flexibility index (Phi) is 4.59. The topological polar surface area (TPSA) is 111 Å². The van der Waals surface area contributed by atoms with Gasteiger partial charge in [-0.2, -0.15) is 0 Å². The number of carboxylic acid groups (broad SMARTS) is 1. The fourth-order valence-corrected chi connectivity index (χ4v) is 2.65. The van der Waals surface area contributed by atoms with Crippen molar-refractivity contribution < 1.29 is 19.5 Å². The van der Waals surface area contributed by atoms with Crippen LogP contribution in [0.15, 0.2) is 29.3 Å². The lowest BCUT2D eigenvalue weighted by Crippen LogP contribution is -2.28. The van der Waals surface area contributed by atoms with Crippen LogP contribution in [0.25, 0.3) is 0 Å². The summed E-state index contributed by atoms with van der Waals surface area (Å²) < 4.78 is 0. The van der Waals surface area contributed by atoms with Crippen LogP contribution in [0.1, 0.15) is 16.8 Å². The maximum absolute atomic E-state index is 11.9. The molecule has 1 aliphatic rings. The first-order chi connectivity index (χ1) is 9.99. The van der Waals surface area contributed by atoms with Gasteiger partial charge in [0, 0.05) is 19.2 Å². The van der Waals surface area contributed by atoms with Gasteiger partial charge in [0.05, 0.1) is 5.97 Å². The summed E-state index contributed by atoms with van der Waals surface area (Å²) in [7, 11) is 1.56. The summed E-state index contributed by atoms with van der Waals surface area (Å²) in [5.41, 5.74) is 0.486. The first-order valence-electron chi connectivity index (χ1n) is 6.05. The van der Waals surface area contributed by atoms with Crippen molar-refractivity contribution in [1.82, 2.24) is 5.32 Å². The van der Waals surface area contributed by atoms with Crippen molar-refractivity contribution in [2.45, 2.75) is 11.7 Å². The zero-order valence-corrected chi connectivity index (χ0v) is 11.9. The molecule has 1 saturated heterocycles. The number of amidine groups is 1. The maximum Gasteiger partial charge on any atom is 0.240 e. The van der Waals surface area contributed by atoms with E-state index >= 15 is 0 Å². The molecule has 1 atom stereocenters. The van der Waals surface area contributed by atoms with Gasteiger partial charge in [-0.3, -0.25) is 14.6 Å². The van der Waals surface area contributed by atoms with E-state index < -0.39 is 11.2 Å². The van der Waals surface area contributed by atoms with Gasteiger partial charge in [-0.1, -0.05) is 23.9 Å². The Balaban J connectivity index is 1.93. The summed E-state index contributed by atoms with van der Waals surface area (Å²) in [5.74, 6) is -1.86. The number of aliphatic imine (C=N–C) groups is 1. The molecule has 0 bridgehead atoms. The number of nitrogens with zero attached hydrogens (tertiary/aromatic N) is 1. The van der Waals surface area contributed by atoms with Crippen LogP contribution < -0.4 is 15.7 Å². The van der Waals surface area contributed by atoms with E-state index in [-0.39, 0.29) is 23.8 Å². The van der Waals surface area contributed by atoms with Crippen LogP contribution in [0.5, 0.6) is 0 Å². The van der Waals surface area contributed by atoms with E-state index in [4.69, 9.17) is 0 Å². The van der Waals surface area contributed by atoms with Crippen molar-refractivity contribution in [3.8, 4) is 0 Å². The molecule has 7 nitrogen and oxygen atoms in total. The zero-order chi connectivity index (χ0) is 15.4. The van der Waals surface area contributed by atoms with Crippen LogP contribution >= 0.6 is 11.8 Å². The summed E-state index contributed by atoms with van der Waals surface area (Å²) in [6.45, 7) is 0. The monoisotopic (exact) mass is 306 g/mol. The molecule has 0 unspecified atom stereocenters. The number of carboxylic acids is 1. The number of anilines is 1. The molecule has 8 heteroatoms. The standard InChI is InChI=1S/C13H13N3O4S/c1-14-13-16-11(18)9(21-13)6-10(17)15-8-4-2-7(3-5-8)12(19)20/h2-5,9H,6H2,1H3,(H,15,17)(H,19,20)(H,14,16,18)/p-1/t9-/m0/s1. The highest BCUT2D eigenvalue weighted by molar-refractivity contribution is 8.15. The Morgan fingerprint density at radius 1 is 1.38 bits per heavy atom. The van der Waals surface area contributed by atoms with Crippen LogP contribution in [0.2, 0.25) is 0 Å². The third-order valence-electron chi connectivity index (χ3n) is 2.75. The average molecular weight is 306 g/mol. The molecular weight excluding hydrogens is 294 g/mol. The average Bonchev–Trinajstić information content (AvgIpc) is 2.80. The number of aromatic carboxylic acids is 1. The number of hydrogen-bond acceptors (Lipinski definition) is 6. The summed E-state index contributed by atoms with van der Waals surface area (Å²) in [6.07, 6.45) is 0.0117. The largest absolute Gasteiger partial charge is 0.545 e. The van der Waals surface area contributed by atoms with Crippen molar-refractivity contribution >= 4 is 40.4 Å². The molecule has 21 heavy (non-hydrogen) atoms. The van der Waals surface area contributed by atoms with Crippen LogP contribution in [0, 0.1) is 0 Å². The molecule has 0 spiro atoms. The predicted molar refractivity (Wildman–Crippen MR) is 76.9 cm³/mol. The highest BCUT2D eigenvalue weighted by atomic mass is 32.2. The number of hydrogen-bond donors (Lipinski definition) is 2. The van der Waals surface area contributed by atoms with E-state index in [0.717, 1.165) is 0 Å². The van der Waals surface area contributed by atoms with Crippen LogP contribution in [0.4, 0.5) is 5.69 Å². The number of amides is 2. The summed E-state index contributed by atoms with van der Waals surface area (Å²) in [4.78, 5) is 37.9. The Hall–Kier alpha value is -2.35. The maximum atomic E-state index is 11.9. The molecule has 0 aromatic heterocycles. The second-order valence-electron chi connectivity index (χ2n) is 4.24. The molecule has 0 saturated carbocycles. The van der Waals surface area contributed by atoms with Crippen molar-refractivity contribution in [3.05, 3.63) is 29.8 Å². The number of rotatable bonds is 4. The van der Waals surface area contributed by atoms with Crippen LogP contribution in [-0.4, -0.2) is 35.2 Å². The molecule has 1 fully saturated rings. The third-order valence-corrected chi connectivity index (χ3v) is 3.93. The first kappa shape index (κ1) is 15.0. The second kappa shape index (κ2) is 6.40. The Morgan fingerprint density at radius 2 is 2.05 bits per heavy atom. The van der Waals surface area contributed by atoms with E-state index in [1.165, 1.54) is 36.0 Å². The lowest BCUT2D eigenvalue weighted by molar-refractivity contribution is -0.255. The van der Waals surface area contributed by atoms with Gasteiger partial charge in [-0.15, -0.1) is 0 Å². The highest BCUT2D eigenvalue weighted by Crippen LogP contribution is 2.22. The normalized spacial score (nSPS) is 19.4.